The number of benzene rings is 2. The van der Waals surface area contributed by atoms with Gasteiger partial charge >= 0.3 is 5.97 Å². The molecule has 1 atom stereocenters. The molecule has 0 bridgehead atoms. The topological polar surface area (TPSA) is 97.3 Å². The molecule has 0 spiro atoms. The van der Waals surface area contributed by atoms with E-state index in [1.54, 1.807) is 69.5 Å². The van der Waals surface area contributed by atoms with Crippen molar-refractivity contribution in [2.45, 2.75) is 19.9 Å². The molecular formula is C25H23N3O5S. The van der Waals surface area contributed by atoms with Crippen LogP contribution < -0.4 is 10.1 Å². The van der Waals surface area contributed by atoms with Gasteiger partial charge in [0.15, 0.2) is 5.17 Å². The van der Waals surface area contributed by atoms with E-state index in [-0.39, 0.29) is 17.1 Å². The number of nitrogens with one attached hydrogen (secondary N) is 1. The quantitative estimate of drug-likeness (QED) is 0.631. The second-order valence-corrected chi connectivity index (χ2v) is 8.44. The number of carbonyl (C=O) groups excluding carboxylic acids is 3. The average Bonchev–Trinajstić information content (AvgIpc) is 2.83. The van der Waals surface area contributed by atoms with E-state index in [9.17, 15) is 14.4 Å². The maximum atomic E-state index is 13.3. The smallest absolute Gasteiger partial charge is 0.338 e. The molecule has 9 heteroatoms. The molecule has 0 aliphatic carbocycles. The van der Waals surface area contributed by atoms with E-state index in [0.717, 1.165) is 11.8 Å². The molecule has 0 saturated heterocycles. The molecule has 0 fully saturated rings. The fraction of sp³-hybridized carbons (Fsp3) is 0.200. The zero-order chi connectivity index (χ0) is 24.2. The largest absolute Gasteiger partial charge is 0.497 e. The summed E-state index contributed by atoms with van der Waals surface area (Å²) in [7, 11) is 1.56. The molecule has 2 heterocycles. The summed E-state index contributed by atoms with van der Waals surface area (Å²) in [6.07, 6.45) is 1.27. The third-order valence-corrected chi connectivity index (χ3v) is 6.26. The molecule has 8 nitrogen and oxygen atoms in total. The molecule has 0 radical (unpaired) electrons. The van der Waals surface area contributed by atoms with Crippen molar-refractivity contribution in [1.82, 2.24) is 4.90 Å². The summed E-state index contributed by atoms with van der Waals surface area (Å²) in [6.45, 7) is 3.60. The van der Waals surface area contributed by atoms with E-state index in [1.807, 2.05) is 6.07 Å². The third kappa shape index (κ3) is 4.60. The van der Waals surface area contributed by atoms with E-state index in [2.05, 4.69) is 10.3 Å². The number of anilines is 1. The molecule has 2 aliphatic rings. The predicted molar refractivity (Wildman–Crippen MR) is 130 cm³/mol. The minimum Gasteiger partial charge on any atom is -0.497 e. The Labute approximate surface area is 201 Å². The first kappa shape index (κ1) is 23.3. The van der Waals surface area contributed by atoms with Crippen molar-refractivity contribution >= 4 is 40.4 Å². The number of fused-ring (bicyclic) bond motifs is 1. The highest BCUT2D eigenvalue weighted by molar-refractivity contribution is 8.18. The van der Waals surface area contributed by atoms with E-state index < -0.39 is 23.8 Å². The molecule has 0 saturated carbocycles. The molecule has 0 aromatic heterocycles. The number of nitrogens with zero attached hydrogens (tertiary/aromatic N) is 2. The van der Waals surface area contributed by atoms with Gasteiger partial charge in [-0.3, -0.25) is 14.5 Å². The zero-order valence-corrected chi connectivity index (χ0v) is 19.7. The lowest BCUT2D eigenvalue weighted by Gasteiger charge is -2.38. The average molecular weight is 478 g/mol. The van der Waals surface area contributed by atoms with Crippen LogP contribution in [-0.4, -0.2) is 41.6 Å². The van der Waals surface area contributed by atoms with Crippen molar-refractivity contribution < 1.29 is 23.9 Å². The number of methoxy groups -OCH3 is 1. The van der Waals surface area contributed by atoms with Crippen molar-refractivity contribution in [1.29, 1.82) is 0 Å². The van der Waals surface area contributed by atoms with Gasteiger partial charge in [-0.05, 0) is 55.4 Å². The number of carbonyl (C=O) groups is 3. The highest BCUT2D eigenvalue weighted by Gasteiger charge is 2.42. The van der Waals surface area contributed by atoms with Gasteiger partial charge in [-0.15, -0.1) is 0 Å². The summed E-state index contributed by atoms with van der Waals surface area (Å²) in [5.74, 6) is -0.763. The van der Waals surface area contributed by atoms with Crippen LogP contribution in [0.25, 0.3) is 0 Å². The SMILES string of the molecule is CCOC(=O)C1=C(C)N=C2SC(C(=O)Nc3ccccc3)=CC(=O)N2[C@@H]1c1ccc(OC)cc1. The molecule has 2 aromatic rings. The third-order valence-electron chi connectivity index (χ3n) is 5.27. The van der Waals surface area contributed by atoms with Crippen molar-refractivity contribution in [3.05, 3.63) is 82.4 Å². The minimum atomic E-state index is -0.757. The fourth-order valence-electron chi connectivity index (χ4n) is 3.69. The molecule has 2 aliphatic heterocycles. The molecule has 174 valence electrons. The lowest BCUT2D eigenvalue weighted by molar-refractivity contribution is -0.139. The molecule has 2 amide bonds. The van der Waals surface area contributed by atoms with Gasteiger partial charge in [0.1, 0.15) is 5.75 Å². The van der Waals surface area contributed by atoms with Crippen LogP contribution in [0.3, 0.4) is 0 Å². The lowest BCUT2D eigenvalue weighted by atomic mass is 9.94. The maximum Gasteiger partial charge on any atom is 0.338 e. The van der Waals surface area contributed by atoms with Crippen LogP contribution in [-0.2, 0) is 19.1 Å². The van der Waals surface area contributed by atoms with Gasteiger partial charge in [0.05, 0.1) is 35.9 Å². The Morgan fingerprint density at radius 1 is 1.12 bits per heavy atom. The second kappa shape index (κ2) is 9.96. The summed E-state index contributed by atoms with van der Waals surface area (Å²) in [5, 5.41) is 3.10. The van der Waals surface area contributed by atoms with Gasteiger partial charge < -0.3 is 14.8 Å². The second-order valence-electron chi connectivity index (χ2n) is 7.43. The number of allylic oxidation sites excluding steroid dienone is 1. The lowest BCUT2D eigenvalue weighted by Crippen LogP contribution is -2.45. The number of amidine groups is 1. The van der Waals surface area contributed by atoms with Crippen LogP contribution in [0.15, 0.2) is 81.8 Å². The van der Waals surface area contributed by atoms with Crippen LogP contribution in [0.4, 0.5) is 5.69 Å². The molecule has 0 unspecified atom stereocenters. The number of para-hydroxylation sites is 1. The standard InChI is InChI=1S/C25H23N3O5S/c1-4-33-24(31)21-15(2)26-25-28(22(21)16-10-12-18(32-3)13-11-16)20(29)14-19(34-25)23(30)27-17-8-6-5-7-9-17/h5-14,22H,4H2,1-3H3,(H,27,30)/t22-/m1/s1. The van der Waals surface area contributed by atoms with Crippen LogP contribution in [0.1, 0.15) is 25.5 Å². The van der Waals surface area contributed by atoms with Gasteiger partial charge in [0, 0.05) is 11.8 Å². The normalized spacial score (nSPS) is 17.4. The highest BCUT2D eigenvalue weighted by atomic mass is 32.2. The predicted octanol–water partition coefficient (Wildman–Crippen LogP) is 4.04. The Hall–Kier alpha value is -3.85. The van der Waals surface area contributed by atoms with E-state index in [4.69, 9.17) is 9.47 Å². The van der Waals surface area contributed by atoms with Gasteiger partial charge in [-0.1, -0.05) is 30.3 Å². The first-order valence-electron chi connectivity index (χ1n) is 10.6. The van der Waals surface area contributed by atoms with Gasteiger partial charge in [0.2, 0.25) is 0 Å². The Morgan fingerprint density at radius 3 is 2.47 bits per heavy atom. The number of hydrogen-bond acceptors (Lipinski definition) is 7. The van der Waals surface area contributed by atoms with Gasteiger partial charge in [-0.25, -0.2) is 9.79 Å². The summed E-state index contributed by atoms with van der Waals surface area (Å²) in [6, 6.07) is 15.3. The Balaban J connectivity index is 1.73. The molecule has 34 heavy (non-hydrogen) atoms. The van der Waals surface area contributed by atoms with E-state index in [1.165, 1.54) is 11.0 Å². The summed E-state index contributed by atoms with van der Waals surface area (Å²) >= 11 is 1.08. The minimum absolute atomic E-state index is 0.188. The maximum absolute atomic E-state index is 13.3. The molecular weight excluding hydrogens is 454 g/mol. The van der Waals surface area contributed by atoms with E-state index in [0.29, 0.717) is 27.9 Å². The first-order chi connectivity index (χ1) is 16.4. The van der Waals surface area contributed by atoms with Crippen LogP contribution in [0.5, 0.6) is 5.75 Å². The number of hydrogen-bond donors (Lipinski definition) is 1. The van der Waals surface area contributed by atoms with Crippen molar-refractivity contribution in [3.63, 3.8) is 0 Å². The van der Waals surface area contributed by atoms with Gasteiger partial charge in [0.25, 0.3) is 11.8 Å². The number of rotatable bonds is 6. The number of ether oxygens (including phenoxy) is 2. The molecule has 4 rings (SSSR count). The van der Waals surface area contributed by atoms with Crippen molar-refractivity contribution in [3.8, 4) is 5.75 Å². The number of esters is 1. The van der Waals surface area contributed by atoms with Crippen molar-refractivity contribution in [2.75, 3.05) is 19.0 Å². The van der Waals surface area contributed by atoms with E-state index >= 15 is 0 Å². The van der Waals surface area contributed by atoms with Crippen LogP contribution >= 0.6 is 11.8 Å². The molecule has 2 aromatic carbocycles. The Morgan fingerprint density at radius 2 is 1.82 bits per heavy atom. The Bertz CT molecular complexity index is 1220. The zero-order valence-electron chi connectivity index (χ0n) is 18.9. The van der Waals surface area contributed by atoms with Gasteiger partial charge in [-0.2, -0.15) is 0 Å². The number of aliphatic imine (C=N–C) groups is 1. The fourth-order valence-corrected chi connectivity index (χ4v) is 4.67. The Kier molecular flexibility index (Phi) is 6.83. The first-order valence-corrected chi connectivity index (χ1v) is 11.4. The van der Waals surface area contributed by atoms with Crippen molar-refractivity contribution in [2.24, 2.45) is 4.99 Å². The summed E-state index contributed by atoms with van der Waals surface area (Å²) in [4.78, 5) is 45.1. The number of amides is 2. The monoisotopic (exact) mass is 477 g/mol. The number of thioether (sulfide) groups is 1. The summed E-state index contributed by atoms with van der Waals surface area (Å²) < 4.78 is 10.5. The summed E-state index contributed by atoms with van der Waals surface area (Å²) in [5.41, 5.74) is 2.01. The highest BCUT2D eigenvalue weighted by Crippen LogP contribution is 2.42. The molecule has 1 N–H and O–H groups in total. The van der Waals surface area contributed by atoms with Crippen LogP contribution in [0.2, 0.25) is 0 Å². The van der Waals surface area contributed by atoms with Crippen LogP contribution in [0, 0.1) is 0 Å².